The highest BCUT2D eigenvalue weighted by molar-refractivity contribution is 5.98. The third-order valence-corrected chi connectivity index (χ3v) is 5.22. The second-order valence-electron chi connectivity index (χ2n) is 9.18. The molecule has 4 aromatic rings. The number of benzene rings is 2. The third-order valence-electron chi connectivity index (χ3n) is 5.22. The van der Waals surface area contributed by atoms with E-state index in [1.54, 1.807) is 12.3 Å². The Bertz CT molecular complexity index is 1270. The first-order chi connectivity index (χ1) is 14.6. The maximum absolute atomic E-state index is 12.6. The summed E-state index contributed by atoms with van der Waals surface area (Å²) in [6, 6.07) is 11.8. The van der Waals surface area contributed by atoms with E-state index in [1.807, 2.05) is 52.1 Å². The lowest BCUT2D eigenvalue weighted by Crippen LogP contribution is -2.40. The molecule has 2 aromatic carbocycles. The van der Waals surface area contributed by atoms with Crippen LogP contribution in [0.2, 0.25) is 0 Å². The minimum absolute atomic E-state index is 0.121. The van der Waals surface area contributed by atoms with Crippen molar-refractivity contribution in [3.8, 4) is 11.3 Å². The summed E-state index contributed by atoms with van der Waals surface area (Å²) in [6.07, 6.45) is 1.80. The molecule has 0 saturated carbocycles. The quantitative estimate of drug-likeness (QED) is 0.510. The van der Waals surface area contributed by atoms with Gasteiger partial charge in [0.15, 0.2) is 5.82 Å². The molecule has 0 aliphatic rings. The van der Waals surface area contributed by atoms with E-state index in [-0.39, 0.29) is 17.5 Å². The number of aromatic nitrogens is 4. The summed E-state index contributed by atoms with van der Waals surface area (Å²) < 4.78 is 0. The van der Waals surface area contributed by atoms with Gasteiger partial charge in [-0.1, -0.05) is 6.07 Å². The van der Waals surface area contributed by atoms with Crippen LogP contribution in [-0.4, -0.2) is 44.7 Å². The van der Waals surface area contributed by atoms with Crippen LogP contribution in [0.5, 0.6) is 0 Å². The van der Waals surface area contributed by atoms with Crippen molar-refractivity contribution in [3.05, 3.63) is 48.2 Å². The number of carbonyl (C=O) groups excluding carboxylic acids is 1. The Hall–Kier alpha value is -3.48. The van der Waals surface area contributed by atoms with Crippen LogP contribution in [0.25, 0.3) is 33.2 Å². The number of hydrogen-bond acceptors (Lipinski definition) is 5. The Morgan fingerprint density at radius 3 is 2.55 bits per heavy atom. The molecule has 0 spiro atoms. The molecular weight excluding hydrogens is 388 g/mol. The zero-order valence-electron chi connectivity index (χ0n) is 18.8. The average molecular weight is 417 g/mol. The summed E-state index contributed by atoms with van der Waals surface area (Å²) in [5.74, 6) is 0.656. The van der Waals surface area contributed by atoms with E-state index in [4.69, 9.17) is 9.97 Å². The Morgan fingerprint density at radius 1 is 1.06 bits per heavy atom. The first-order valence-electron chi connectivity index (χ1n) is 10.4. The standard InChI is InChI=1S/C24H28N6O/c1-14(2)30(6)22-21(15-7-9-18-17(11-15)13-25-29-18)26-19-10-8-16(12-20(19)27-22)23(31)28-24(3,4)5/h7-14H,1-6H3,(H,25,29)(H,28,31). The number of anilines is 1. The highest BCUT2D eigenvalue weighted by atomic mass is 16.1. The molecule has 0 unspecified atom stereocenters. The second-order valence-corrected chi connectivity index (χ2v) is 9.18. The van der Waals surface area contributed by atoms with Crippen LogP contribution in [0.3, 0.4) is 0 Å². The fourth-order valence-electron chi connectivity index (χ4n) is 3.37. The van der Waals surface area contributed by atoms with Crippen LogP contribution >= 0.6 is 0 Å². The van der Waals surface area contributed by atoms with Gasteiger partial charge in [0.05, 0.1) is 22.7 Å². The van der Waals surface area contributed by atoms with Crippen molar-refractivity contribution in [2.75, 3.05) is 11.9 Å². The van der Waals surface area contributed by atoms with E-state index in [9.17, 15) is 4.79 Å². The third kappa shape index (κ3) is 4.21. The highest BCUT2D eigenvalue weighted by Crippen LogP contribution is 2.32. The van der Waals surface area contributed by atoms with E-state index in [2.05, 4.69) is 40.3 Å². The summed E-state index contributed by atoms with van der Waals surface area (Å²) in [6.45, 7) is 10.1. The molecule has 0 atom stereocenters. The fourth-order valence-corrected chi connectivity index (χ4v) is 3.37. The minimum atomic E-state index is -0.309. The van der Waals surface area contributed by atoms with Gasteiger partial charge in [0, 0.05) is 35.1 Å². The van der Waals surface area contributed by atoms with Crippen LogP contribution in [0.15, 0.2) is 42.6 Å². The van der Waals surface area contributed by atoms with Crippen molar-refractivity contribution in [3.63, 3.8) is 0 Å². The van der Waals surface area contributed by atoms with E-state index < -0.39 is 0 Å². The summed E-state index contributed by atoms with van der Waals surface area (Å²) in [7, 11) is 2.01. The van der Waals surface area contributed by atoms with E-state index in [0.717, 1.165) is 33.5 Å². The smallest absolute Gasteiger partial charge is 0.251 e. The van der Waals surface area contributed by atoms with Gasteiger partial charge in [0.1, 0.15) is 5.69 Å². The Labute approximate surface area is 181 Å². The molecule has 1 amide bonds. The fraction of sp³-hybridized carbons (Fsp3) is 0.333. The summed E-state index contributed by atoms with van der Waals surface area (Å²) in [4.78, 5) is 24.6. The lowest BCUT2D eigenvalue weighted by Gasteiger charge is -2.25. The van der Waals surface area contributed by atoms with Crippen molar-refractivity contribution in [1.82, 2.24) is 25.5 Å². The Morgan fingerprint density at radius 2 is 1.84 bits per heavy atom. The van der Waals surface area contributed by atoms with Gasteiger partial charge in [-0.2, -0.15) is 5.10 Å². The molecule has 0 fully saturated rings. The number of aromatic amines is 1. The number of nitrogens with one attached hydrogen (secondary N) is 2. The number of hydrogen-bond donors (Lipinski definition) is 2. The van der Waals surface area contributed by atoms with Gasteiger partial charge in [0.2, 0.25) is 0 Å². The number of nitrogens with zero attached hydrogens (tertiary/aromatic N) is 4. The van der Waals surface area contributed by atoms with E-state index >= 15 is 0 Å². The van der Waals surface area contributed by atoms with Gasteiger partial charge in [-0.15, -0.1) is 0 Å². The molecule has 31 heavy (non-hydrogen) atoms. The second kappa shape index (κ2) is 7.65. The van der Waals surface area contributed by atoms with E-state index in [0.29, 0.717) is 11.1 Å². The van der Waals surface area contributed by atoms with Gasteiger partial charge in [-0.3, -0.25) is 9.89 Å². The van der Waals surface area contributed by atoms with Gasteiger partial charge in [0.25, 0.3) is 5.91 Å². The Kier molecular flexibility index (Phi) is 5.13. The molecule has 2 aromatic heterocycles. The number of amides is 1. The molecule has 0 radical (unpaired) electrons. The van der Waals surface area contributed by atoms with Crippen molar-refractivity contribution in [2.45, 2.75) is 46.2 Å². The zero-order valence-corrected chi connectivity index (χ0v) is 18.8. The summed E-state index contributed by atoms with van der Waals surface area (Å²) >= 11 is 0. The normalized spacial score (nSPS) is 12.0. The predicted molar refractivity (Wildman–Crippen MR) is 125 cm³/mol. The molecule has 2 N–H and O–H groups in total. The van der Waals surface area contributed by atoms with Crippen LogP contribution in [-0.2, 0) is 0 Å². The number of H-pyrrole nitrogens is 1. The molecule has 160 valence electrons. The molecular formula is C24H28N6O. The number of fused-ring (bicyclic) bond motifs is 2. The summed E-state index contributed by atoms with van der Waals surface area (Å²) in [5, 5.41) is 11.1. The van der Waals surface area contributed by atoms with Gasteiger partial charge >= 0.3 is 0 Å². The van der Waals surface area contributed by atoms with Crippen molar-refractivity contribution < 1.29 is 4.79 Å². The van der Waals surface area contributed by atoms with Crippen LogP contribution in [0.4, 0.5) is 5.82 Å². The predicted octanol–water partition coefficient (Wildman–Crippen LogP) is 4.55. The van der Waals surface area contributed by atoms with Crippen LogP contribution in [0.1, 0.15) is 45.0 Å². The Balaban J connectivity index is 1.86. The summed E-state index contributed by atoms with van der Waals surface area (Å²) in [5.41, 5.74) is 4.45. The zero-order chi connectivity index (χ0) is 22.3. The van der Waals surface area contributed by atoms with Crippen molar-refractivity contribution >= 4 is 33.7 Å². The lowest BCUT2D eigenvalue weighted by atomic mass is 10.1. The molecule has 0 bridgehead atoms. The number of carbonyl (C=O) groups is 1. The molecule has 0 aliphatic carbocycles. The maximum atomic E-state index is 12.6. The van der Waals surface area contributed by atoms with Crippen molar-refractivity contribution in [2.24, 2.45) is 0 Å². The lowest BCUT2D eigenvalue weighted by molar-refractivity contribution is 0.0919. The van der Waals surface area contributed by atoms with Gasteiger partial charge in [-0.05, 0) is 65.0 Å². The van der Waals surface area contributed by atoms with Crippen molar-refractivity contribution in [1.29, 1.82) is 0 Å². The maximum Gasteiger partial charge on any atom is 0.251 e. The minimum Gasteiger partial charge on any atom is -0.355 e. The SMILES string of the molecule is CC(C)N(C)c1nc2cc(C(=O)NC(C)(C)C)ccc2nc1-c1ccc2[nH]ncc2c1. The molecule has 0 saturated heterocycles. The van der Waals surface area contributed by atoms with Crippen LogP contribution in [0, 0.1) is 0 Å². The van der Waals surface area contributed by atoms with Gasteiger partial charge < -0.3 is 10.2 Å². The van der Waals surface area contributed by atoms with E-state index in [1.165, 1.54) is 0 Å². The monoisotopic (exact) mass is 416 g/mol. The molecule has 7 nitrogen and oxygen atoms in total. The topological polar surface area (TPSA) is 86.8 Å². The molecule has 7 heteroatoms. The number of rotatable bonds is 4. The van der Waals surface area contributed by atoms with Gasteiger partial charge in [-0.25, -0.2) is 9.97 Å². The largest absolute Gasteiger partial charge is 0.355 e. The van der Waals surface area contributed by atoms with Crippen LogP contribution < -0.4 is 10.2 Å². The molecule has 2 heterocycles. The molecule has 0 aliphatic heterocycles. The average Bonchev–Trinajstić information content (AvgIpc) is 3.18. The first kappa shape index (κ1) is 20.8. The first-order valence-corrected chi connectivity index (χ1v) is 10.4. The molecule has 4 rings (SSSR count). The highest BCUT2D eigenvalue weighted by Gasteiger charge is 2.19.